The van der Waals surface area contributed by atoms with Crippen LogP contribution >= 0.6 is 20.7 Å². The zero-order valence-electron chi connectivity index (χ0n) is 11.7. The number of benzene rings is 1. The van der Waals surface area contributed by atoms with Crippen molar-refractivity contribution in [2.75, 3.05) is 0 Å². The number of nitrogens with zero attached hydrogens (tertiary/aromatic N) is 1. The first kappa shape index (κ1) is 14.8. The second kappa shape index (κ2) is 6.74. The molecule has 0 fully saturated rings. The van der Waals surface area contributed by atoms with E-state index >= 15 is 0 Å². The van der Waals surface area contributed by atoms with Gasteiger partial charge >= 0.3 is 5.97 Å². The molecule has 0 aliphatic carbocycles. The summed E-state index contributed by atoms with van der Waals surface area (Å²) in [4.78, 5) is 16.8. The average molecular weight is 381 g/mol. The molecule has 2 rings (SSSR count). The quantitative estimate of drug-likeness (QED) is 0.340. The smallest absolute Gasteiger partial charge is 0.313 e. The first-order chi connectivity index (χ1) is 9.58. The Kier molecular flexibility index (Phi) is 5.00. The van der Waals surface area contributed by atoms with Gasteiger partial charge in [-0.1, -0.05) is 50.2 Å². The third-order valence-electron chi connectivity index (χ3n) is 2.72. The molecule has 1 aromatic rings. The van der Waals surface area contributed by atoms with Crippen LogP contribution in [0, 0.1) is 0 Å². The van der Waals surface area contributed by atoms with Crippen molar-refractivity contribution in [3.63, 3.8) is 0 Å². The fourth-order valence-electron chi connectivity index (χ4n) is 1.80. The number of oxime groups is 1. The fourth-order valence-corrected chi connectivity index (χ4v) is 3.98. The van der Waals surface area contributed by atoms with Gasteiger partial charge in [0.1, 0.15) is 0 Å². The molecule has 0 unspecified atom stereocenters. The van der Waals surface area contributed by atoms with E-state index in [2.05, 4.69) is 29.2 Å². The average Bonchev–Trinajstić information content (AvgIpc) is 2.45. The third kappa shape index (κ3) is 3.72. The van der Waals surface area contributed by atoms with E-state index < -0.39 is 5.97 Å². The summed E-state index contributed by atoms with van der Waals surface area (Å²) in [6.45, 7) is 6.06. The van der Waals surface area contributed by atoms with Gasteiger partial charge in [-0.3, -0.25) is 0 Å². The lowest BCUT2D eigenvalue weighted by atomic mass is 10.1. The van der Waals surface area contributed by atoms with Crippen LogP contribution in [0.15, 0.2) is 56.8 Å². The second-order valence-corrected chi connectivity index (χ2v) is 6.85. The molecule has 0 saturated carbocycles. The highest BCUT2D eigenvalue weighted by Crippen LogP contribution is 2.21. The maximum Gasteiger partial charge on any atom is 0.365 e. The predicted molar refractivity (Wildman–Crippen MR) is 91.5 cm³/mol. The minimum absolute atomic E-state index is 0.195. The van der Waals surface area contributed by atoms with E-state index in [-0.39, 0.29) is 20.7 Å². The number of allylic oxidation sites excluding steroid dienone is 3. The van der Waals surface area contributed by atoms with Gasteiger partial charge in [0.15, 0.2) is 0 Å². The molecular formula is C16H16INO2. The van der Waals surface area contributed by atoms with Crippen molar-refractivity contribution in [3.8, 4) is 0 Å². The first-order valence-corrected chi connectivity index (χ1v) is 8.57. The lowest BCUT2D eigenvalue weighted by Crippen LogP contribution is -2.12. The molecular weight excluding hydrogens is 365 g/mol. The number of rotatable bonds is 3. The Morgan fingerprint density at radius 1 is 1.20 bits per heavy atom. The zero-order valence-corrected chi connectivity index (χ0v) is 13.8. The van der Waals surface area contributed by atoms with Crippen molar-refractivity contribution in [2.45, 2.75) is 20.8 Å². The van der Waals surface area contributed by atoms with Crippen molar-refractivity contribution >= 4 is 35.9 Å². The van der Waals surface area contributed by atoms with E-state index in [0.717, 1.165) is 5.71 Å². The molecule has 1 aliphatic rings. The molecule has 0 bridgehead atoms. The Hall–Kier alpha value is -1.56. The molecule has 0 radical (unpaired) electrons. The molecule has 1 aromatic carbocycles. The minimum atomic E-state index is -0.423. The molecule has 3 nitrogen and oxygen atoms in total. The van der Waals surface area contributed by atoms with E-state index in [4.69, 9.17) is 4.84 Å². The maximum atomic E-state index is 11.8. The highest BCUT2D eigenvalue weighted by molar-refractivity contribution is 14.2. The van der Waals surface area contributed by atoms with Crippen LogP contribution in [0.25, 0.3) is 0 Å². The topological polar surface area (TPSA) is 38.7 Å². The Balaban J connectivity index is 2.09. The minimum Gasteiger partial charge on any atom is -0.313 e. The summed E-state index contributed by atoms with van der Waals surface area (Å²) in [5, 5.41) is 3.99. The molecule has 0 N–H and O–H groups in total. The molecule has 1 heterocycles. The summed E-state index contributed by atoms with van der Waals surface area (Å²) in [6, 6.07) is 8.89. The Morgan fingerprint density at radius 2 is 1.90 bits per heavy atom. The van der Waals surface area contributed by atoms with Gasteiger partial charge in [0.25, 0.3) is 0 Å². The van der Waals surface area contributed by atoms with Crippen LogP contribution in [0.3, 0.4) is 0 Å². The lowest BCUT2D eigenvalue weighted by molar-refractivity contribution is 0.0517. The summed E-state index contributed by atoms with van der Waals surface area (Å²) in [6.07, 6.45) is 2.14. The van der Waals surface area contributed by atoms with E-state index in [0.29, 0.717) is 5.56 Å². The van der Waals surface area contributed by atoms with Crippen LogP contribution in [-0.4, -0.2) is 15.2 Å². The van der Waals surface area contributed by atoms with Crippen LogP contribution in [-0.2, 0) is 4.84 Å². The first-order valence-electron chi connectivity index (χ1n) is 6.25. The van der Waals surface area contributed by atoms with E-state index in [1.807, 2.05) is 13.0 Å². The number of halogens is 1. The summed E-state index contributed by atoms with van der Waals surface area (Å²) in [5.41, 5.74) is 3.82. The third-order valence-corrected chi connectivity index (χ3v) is 6.27. The van der Waals surface area contributed by atoms with Crippen molar-refractivity contribution in [2.24, 2.45) is 5.16 Å². The van der Waals surface area contributed by atoms with Crippen LogP contribution in [0.4, 0.5) is 0 Å². The van der Waals surface area contributed by atoms with Gasteiger partial charge in [-0.15, -0.1) is 0 Å². The summed E-state index contributed by atoms with van der Waals surface area (Å²) < 4.78 is 3.47. The molecule has 0 spiro atoms. The normalized spacial score (nSPS) is 15.6. The maximum absolute atomic E-state index is 11.8. The Labute approximate surface area is 128 Å². The number of hydrogen-bond donors (Lipinski definition) is 0. The lowest BCUT2D eigenvalue weighted by Gasteiger charge is -2.10. The van der Waals surface area contributed by atoms with Gasteiger partial charge in [-0.05, 0) is 48.1 Å². The summed E-state index contributed by atoms with van der Waals surface area (Å²) in [5.74, 6) is -0.423. The van der Waals surface area contributed by atoms with Crippen molar-refractivity contribution < 1.29 is 9.63 Å². The number of carbonyl (C=O) groups is 1. The van der Waals surface area contributed by atoms with Crippen LogP contribution in [0.1, 0.15) is 31.1 Å². The Morgan fingerprint density at radius 3 is 2.55 bits per heavy atom. The molecule has 0 aromatic heterocycles. The standard InChI is InChI=1S/C16H16INO2/c1-11-9-12(2)15(17-10-11)13(3)18-20-16(19)14-7-5-4-6-8-14/h4-10H,1-3H3/b18-13+. The monoisotopic (exact) mass is 381 g/mol. The van der Waals surface area contributed by atoms with Crippen LogP contribution < -0.4 is 0 Å². The van der Waals surface area contributed by atoms with Crippen LogP contribution in [0.5, 0.6) is 0 Å². The Bertz CT molecular complexity index is 640. The largest absolute Gasteiger partial charge is 0.365 e. The van der Waals surface area contributed by atoms with Gasteiger partial charge < -0.3 is 4.84 Å². The van der Waals surface area contributed by atoms with Crippen LogP contribution in [0.2, 0.25) is 0 Å². The van der Waals surface area contributed by atoms with Gasteiger partial charge in [0.05, 0.1) is 11.3 Å². The molecule has 1 aliphatic heterocycles. The molecule has 4 heteroatoms. The van der Waals surface area contributed by atoms with Crippen molar-refractivity contribution in [1.29, 1.82) is 0 Å². The fraction of sp³-hybridized carbons (Fsp3) is 0.188. The molecule has 20 heavy (non-hydrogen) atoms. The molecule has 0 amide bonds. The molecule has 104 valence electrons. The summed E-state index contributed by atoms with van der Waals surface area (Å²) >= 11 is -0.195. The number of hydrogen-bond acceptors (Lipinski definition) is 3. The SMILES string of the molecule is CC1=CI=C(/C(C)=N/OC(=O)c2ccccc2)C(C)=C1. The number of carbonyl (C=O) groups excluding carboxylic acids is 1. The predicted octanol–water partition coefficient (Wildman–Crippen LogP) is 4.23. The molecule has 0 saturated heterocycles. The highest BCUT2D eigenvalue weighted by atomic mass is 127. The van der Waals surface area contributed by atoms with Gasteiger partial charge in [0, 0.05) is 3.51 Å². The summed E-state index contributed by atoms with van der Waals surface area (Å²) in [7, 11) is 0. The van der Waals surface area contributed by atoms with Crippen molar-refractivity contribution in [3.05, 3.63) is 57.2 Å². The van der Waals surface area contributed by atoms with Gasteiger partial charge in [0.2, 0.25) is 0 Å². The second-order valence-electron chi connectivity index (χ2n) is 4.53. The van der Waals surface area contributed by atoms with E-state index in [1.165, 1.54) is 14.7 Å². The highest BCUT2D eigenvalue weighted by Gasteiger charge is 2.11. The van der Waals surface area contributed by atoms with E-state index in [1.54, 1.807) is 24.3 Å². The van der Waals surface area contributed by atoms with Crippen molar-refractivity contribution in [1.82, 2.24) is 0 Å². The molecule has 0 atom stereocenters. The zero-order chi connectivity index (χ0) is 14.5. The van der Waals surface area contributed by atoms with E-state index in [9.17, 15) is 4.79 Å². The van der Waals surface area contributed by atoms with Gasteiger partial charge in [-0.2, -0.15) is 0 Å². The van der Waals surface area contributed by atoms with Gasteiger partial charge in [-0.25, -0.2) is 4.79 Å².